The van der Waals surface area contributed by atoms with Crippen molar-refractivity contribution in [3.05, 3.63) is 11.8 Å². The number of aromatic nitrogens is 2. The third-order valence-corrected chi connectivity index (χ3v) is 1.95. The lowest BCUT2D eigenvalue weighted by Gasteiger charge is -2.13. The van der Waals surface area contributed by atoms with Crippen LogP contribution in [0.25, 0.3) is 0 Å². The molecular formula is C8H15BN2O2. The van der Waals surface area contributed by atoms with Gasteiger partial charge in [-0.15, -0.1) is 0 Å². The Morgan fingerprint density at radius 2 is 1.92 bits per heavy atom. The van der Waals surface area contributed by atoms with Crippen molar-refractivity contribution < 1.29 is 10.0 Å². The number of hydrogen-bond donors (Lipinski definition) is 2. The minimum atomic E-state index is -1.45. The quantitative estimate of drug-likeness (QED) is 0.570. The second-order valence-electron chi connectivity index (χ2n) is 4.20. The summed E-state index contributed by atoms with van der Waals surface area (Å²) in [6.45, 7) is 6.09. The van der Waals surface area contributed by atoms with Crippen LogP contribution in [0.4, 0.5) is 0 Å². The van der Waals surface area contributed by atoms with Gasteiger partial charge in [-0.1, -0.05) is 20.8 Å². The fourth-order valence-corrected chi connectivity index (χ4v) is 1.09. The first-order chi connectivity index (χ1) is 5.82. The molecule has 0 unspecified atom stereocenters. The number of nitrogens with zero attached hydrogens (tertiary/aromatic N) is 2. The minimum Gasteiger partial charge on any atom is -0.422 e. The number of hydrogen-bond acceptors (Lipinski definition) is 3. The smallest absolute Gasteiger partial charge is 0.422 e. The van der Waals surface area contributed by atoms with Gasteiger partial charge in [0.2, 0.25) is 0 Å². The maximum Gasteiger partial charge on any atom is 0.507 e. The molecule has 0 saturated carbocycles. The first-order valence-electron chi connectivity index (χ1n) is 4.23. The molecule has 0 fully saturated rings. The fourth-order valence-electron chi connectivity index (χ4n) is 1.09. The Balaban J connectivity index is 3.10. The first kappa shape index (κ1) is 10.3. The van der Waals surface area contributed by atoms with Crippen molar-refractivity contribution in [2.75, 3.05) is 0 Å². The van der Waals surface area contributed by atoms with E-state index in [4.69, 9.17) is 10.0 Å². The highest BCUT2D eigenvalue weighted by Gasteiger charge is 2.23. The zero-order chi connectivity index (χ0) is 10.2. The lowest BCUT2D eigenvalue weighted by molar-refractivity contribution is 0.421. The van der Waals surface area contributed by atoms with E-state index in [1.54, 1.807) is 13.1 Å². The Kier molecular flexibility index (Phi) is 2.50. The van der Waals surface area contributed by atoms with E-state index in [0.29, 0.717) is 5.59 Å². The lowest BCUT2D eigenvalue weighted by Crippen LogP contribution is -2.35. The second kappa shape index (κ2) is 3.16. The maximum atomic E-state index is 8.98. The predicted octanol–water partition coefficient (Wildman–Crippen LogP) is -0.603. The van der Waals surface area contributed by atoms with Crippen molar-refractivity contribution in [2.45, 2.75) is 26.2 Å². The van der Waals surface area contributed by atoms with Crippen LogP contribution in [0.15, 0.2) is 6.07 Å². The maximum absolute atomic E-state index is 8.98. The molecule has 0 aromatic carbocycles. The zero-order valence-corrected chi connectivity index (χ0v) is 8.44. The molecule has 0 atom stereocenters. The highest BCUT2D eigenvalue weighted by atomic mass is 16.4. The summed E-state index contributed by atoms with van der Waals surface area (Å²) in [7, 11) is 0.248. The van der Waals surface area contributed by atoms with Crippen LogP contribution in [-0.2, 0) is 12.5 Å². The molecule has 4 nitrogen and oxygen atoms in total. The van der Waals surface area contributed by atoms with Gasteiger partial charge in [0, 0.05) is 12.5 Å². The lowest BCUT2D eigenvalue weighted by atomic mass is 9.83. The molecule has 0 radical (unpaired) electrons. The molecule has 72 valence electrons. The first-order valence-corrected chi connectivity index (χ1v) is 4.23. The topological polar surface area (TPSA) is 58.3 Å². The van der Waals surface area contributed by atoms with Gasteiger partial charge in [0.05, 0.1) is 11.3 Å². The average molecular weight is 182 g/mol. The Morgan fingerprint density at radius 3 is 2.15 bits per heavy atom. The van der Waals surface area contributed by atoms with Crippen molar-refractivity contribution in [1.29, 1.82) is 0 Å². The molecule has 0 aliphatic rings. The summed E-state index contributed by atoms with van der Waals surface area (Å²) >= 11 is 0. The van der Waals surface area contributed by atoms with E-state index in [1.807, 2.05) is 20.8 Å². The van der Waals surface area contributed by atoms with Gasteiger partial charge in [-0.05, 0) is 6.07 Å². The number of aryl methyl sites for hydroxylation is 1. The molecule has 0 bridgehead atoms. The van der Waals surface area contributed by atoms with Crippen molar-refractivity contribution in [3.8, 4) is 0 Å². The van der Waals surface area contributed by atoms with Crippen LogP contribution in [-0.4, -0.2) is 26.9 Å². The van der Waals surface area contributed by atoms with Gasteiger partial charge in [-0.3, -0.25) is 4.68 Å². The van der Waals surface area contributed by atoms with Gasteiger partial charge < -0.3 is 10.0 Å². The van der Waals surface area contributed by atoms with Crippen LogP contribution in [0, 0.1) is 0 Å². The summed E-state index contributed by atoms with van der Waals surface area (Å²) in [6.07, 6.45) is 0. The van der Waals surface area contributed by atoms with Crippen molar-refractivity contribution in [2.24, 2.45) is 7.05 Å². The van der Waals surface area contributed by atoms with Crippen LogP contribution in [0.3, 0.4) is 0 Å². The molecule has 1 aromatic rings. The minimum absolute atomic E-state index is 0.0646. The van der Waals surface area contributed by atoms with Crippen LogP contribution in [0.2, 0.25) is 0 Å². The van der Waals surface area contributed by atoms with E-state index in [2.05, 4.69) is 5.10 Å². The molecule has 0 amide bonds. The van der Waals surface area contributed by atoms with E-state index < -0.39 is 7.12 Å². The van der Waals surface area contributed by atoms with Crippen molar-refractivity contribution in [3.63, 3.8) is 0 Å². The molecule has 2 N–H and O–H groups in total. The zero-order valence-electron chi connectivity index (χ0n) is 8.44. The molecule has 1 rings (SSSR count). The summed E-state index contributed by atoms with van der Waals surface area (Å²) < 4.78 is 1.49. The van der Waals surface area contributed by atoms with Crippen LogP contribution >= 0.6 is 0 Å². The van der Waals surface area contributed by atoms with E-state index in [9.17, 15) is 0 Å². The summed E-state index contributed by atoms with van der Waals surface area (Å²) in [4.78, 5) is 0. The Bertz CT molecular complexity index is 302. The highest BCUT2D eigenvalue weighted by molar-refractivity contribution is 6.57. The van der Waals surface area contributed by atoms with E-state index in [-0.39, 0.29) is 5.41 Å². The van der Waals surface area contributed by atoms with Gasteiger partial charge in [0.25, 0.3) is 0 Å². The molecule has 0 aliphatic carbocycles. The predicted molar refractivity (Wildman–Crippen MR) is 51.7 cm³/mol. The largest absolute Gasteiger partial charge is 0.507 e. The van der Waals surface area contributed by atoms with Crippen LogP contribution in [0.1, 0.15) is 26.5 Å². The van der Waals surface area contributed by atoms with Crippen molar-refractivity contribution >= 4 is 12.7 Å². The van der Waals surface area contributed by atoms with Crippen LogP contribution in [0.5, 0.6) is 0 Å². The Morgan fingerprint density at radius 1 is 1.38 bits per heavy atom. The fraction of sp³-hybridized carbons (Fsp3) is 0.625. The molecule has 13 heavy (non-hydrogen) atoms. The molecular weight excluding hydrogens is 167 g/mol. The van der Waals surface area contributed by atoms with Gasteiger partial charge >= 0.3 is 7.12 Å². The summed E-state index contributed by atoms with van der Waals surface area (Å²) in [6, 6.07) is 1.71. The van der Waals surface area contributed by atoms with Gasteiger partial charge in [-0.2, -0.15) is 5.10 Å². The summed E-state index contributed by atoms with van der Waals surface area (Å²) in [5.74, 6) is 0. The second-order valence-corrected chi connectivity index (χ2v) is 4.20. The molecule has 1 aromatic heterocycles. The van der Waals surface area contributed by atoms with E-state index in [1.165, 1.54) is 4.68 Å². The van der Waals surface area contributed by atoms with Crippen molar-refractivity contribution in [1.82, 2.24) is 9.78 Å². The SMILES string of the molecule is Cn1nc(C(C)(C)C)cc1B(O)O. The van der Waals surface area contributed by atoms with E-state index in [0.717, 1.165) is 5.69 Å². The van der Waals surface area contributed by atoms with Gasteiger partial charge in [0.15, 0.2) is 0 Å². The van der Waals surface area contributed by atoms with Crippen LogP contribution < -0.4 is 5.59 Å². The van der Waals surface area contributed by atoms with E-state index >= 15 is 0 Å². The molecule has 0 saturated heterocycles. The Labute approximate surface area is 78.3 Å². The molecule has 0 aliphatic heterocycles. The molecule has 1 heterocycles. The number of rotatable bonds is 1. The third-order valence-electron chi connectivity index (χ3n) is 1.95. The molecule has 5 heteroatoms. The monoisotopic (exact) mass is 182 g/mol. The third kappa shape index (κ3) is 2.11. The Hall–Kier alpha value is -0.805. The summed E-state index contributed by atoms with van der Waals surface area (Å²) in [5, 5.41) is 22.2. The van der Waals surface area contributed by atoms with Gasteiger partial charge in [0.1, 0.15) is 0 Å². The summed E-state index contributed by atoms with van der Waals surface area (Å²) in [5.41, 5.74) is 1.22. The molecule has 0 spiro atoms. The highest BCUT2D eigenvalue weighted by Crippen LogP contribution is 2.18. The van der Waals surface area contributed by atoms with Gasteiger partial charge in [-0.25, -0.2) is 0 Å². The normalized spacial score (nSPS) is 11.8. The average Bonchev–Trinajstić information content (AvgIpc) is 2.29. The standard InChI is InChI=1S/C8H15BN2O2/c1-8(2,3)6-5-7(9(12)13)11(4)10-6/h5,12-13H,1-4H3.